The Hall–Kier alpha value is -1.04. The van der Waals surface area contributed by atoms with Crippen molar-refractivity contribution in [1.29, 1.82) is 0 Å². The van der Waals surface area contributed by atoms with E-state index in [1.165, 1.54) is 36.0 Å². The maximum atomic E-state index is 2.35. The molecule has 0 unspecified atom stereocenters. The number of allylic oxidation sites excluding steroid dienone is 2. The van der Waals surface area contributed by atoms with E-state index >= 15 is 0 Å². The Labute approximate surface area is 87.7 Å². The Bertz CT molecular complexity index is 308. The van der Waals surface area contributed by atoms with Gasteiger partial charge in [0.05, 0.1) is 0 Å². The molecule has 0 heterocycles. The fourth-order valence-electron chi connectivity index (χ4n) is 1.84. The first-order valence-electron chi connectivity index (χ1n) is 5.63. The first-order valence-corrected chi connectivity index (χ1v) is 5.63. The van der Waals surface area contributed by atoms with Gasteiger partial charge < -0.3 is 0 Å². The smallest absolute Gasteiger partial charge is 0.0198 e. The summed E-state index contributed by atoms with van der Waals surface area (Å²) in [5.41, 5.74) is 4.42. The van der Waals surface area contributed by atoms with Crippen LogP contribution in [0, 0.1) is 0 Å². The fraction of sp³-hybridized carbons (Fsp3) is 0.429. The van der Waals surface area contributed by atoms with Crippen LogP contribution in [-0.2, 0) is 6.42 Å². The lowest BCUT2D eigenvalue weighted by Crippen LogP contribution is -1.87. The summed E-state index contributed by atoms with van der Waals surface area (Å²) >= 11 is 0. The number of hydrogen-bond donors (Lipinski definition) is 0. The average Bonchev–Trinajstić information content (AvgIpc) is 2.45. The zero-order chi connectivity index (χ0) is 10.4. The summed E-state index contributed by atoms with van der Waals surface area (Å²) in [4.78, 5) is 0. The van der Waals surface area contributed by atoms with E-state index in [1.54, 1.807) is 0 Å². The topological polar surface area (TPSA) is 0 Å². The van der Waals surface area contributed by atoms with Crippen LogP contribution >= 0.6 is 0 Å². The largest absolute Gasteiger partial charge is 0.0810 e. The normalized spacial score (nSPS) is 14.4. The quantitative estimate of drug-likeness (QED) is 0.564. The van der Waals surface area contributed by atoms with Crippen LogP contribution in [0.2, 0.25) is 0 Å². The van der Waals surface area contributed by atoms with Crippen LogP contribution in [0.15, 0.2) is 30.3 Å². The summed E-state index contributed by atoms with van der Waals surface area (Å²) in [6, 6.07) is 8.74. The van der Waals surface area contributed by atoms with E-state index in [9.17, 15) is 0 Å². The predicted octanol–water partition coefficient (Wildman–Crippen LogP) is 4.45. The maximum absolute atomic E-state index is 2.35. The highest BCUT2D eigenvalue weighted by Gasteiger charge is 2.05. The van der Waals surface area contributed by atoms with E-state index in [4.69, 9.17) is 0 Å². The summed E-state index contributed by atoms with van der Waals surface area (Å²) < 4.78 is 0. The van der Waals surface area contributed by atoms with Gasteiger partial charge in [0, 0.05) is 0 Å². The van der Waals surface area contributed by atoms with E-state index < -0.39 is 0 Å². The van der Waals surface area contributed by atoms with Crippen LogP contribution in [0.25, 0.3) is 5.57 Å². The van der Waals surface area contributed by atoms with E-state index in [2.05, 4.69) is 37.3 Å². The van der Waals surface area contributed by atoms with Crippen molar-refractivity contribution in [2.75, 3.05) is 0 Å². The van der Waals surface area contributed by atoms with Gasteiger partial charge in [0.2, 0.25) is 0 Å². The molecule has 0 saturated heterocycles. The summed E-state index contributed by atoms with van der Waals surface area (Å²) in [6.45, 7) is 6.21. The maximum Gasteiger partial charge on any atom is -0.0198 e. The molecule has 0 aromatic heterocycles. The Kier molecular flexibility index (Phi) is 4.45. The van der Waals surface area contributed by atoms with Crippen molar-refractivity contribution >= 4 is 5.57 Å². The highest BCUT2D eigenvalue weighted by molar-refractivity contribution is 5.67. The highest BCUT2D eigenvalue weighted by Crippen LogP contribution is 2.24. The summed E-state index contributed by atoms with van der Waals surface area (Å²) in [7, 11) is 0. The molecular formula is C14H20. The van der Waals surface area contributed by atoms with Gasteiger partial charge in [-0.2, -0.15) is 0 Å². The van der Waals surface area contributed by atoms with Crippen LogP contribution < -0.4 is 0 Å². The molecule has 0 nitrogen and oxygen atoms in total. The first-order chi connectivity index (χ1) is 6.88. The molecule has 0 atom stereocenters. The average molecular weight is 188 g/mol. The molecule has 2 rings (SSSR count). The second-order valence-electron chi connectivity index (χ2n) is 3.44. The van der Waals surface area contributed by atoms with Crippen LogP contribution in [0.4, 0.5) is 0 Å². The van der Waals surface area contributed by atoms with Crippen molar-refractivity contribution < 1.29 is 0 Å². The van der Waals surface area contributed by atoms with Crippen LogP contribution in [0.3, 0.4) is 0 Å². The SMILES string of the molecule is CC.CC1=CCCCc2ccccc21. The van der Waals surface area contributed by atoms with Crippen molar-refractivity contribution in [2.45, 2.75) is 40.0 Å². The van der Waals surface area contributed by atoms with Gasteiger partial charge in [0.25, 0.3) is 0 Å². The lowest BCUT2D eigenvalue weighted by atomic mass is 10.0. The number of hydrogen-bond acceptors (Lipinski definition) is 0. The first kappa shape index (κ1) is 11.0. The molecular weight excluding hydrogens is 168 g/mol. The molecule has 0 saturated carbocycles. The predicted molar refractivity (Wildman–Crippen MR) is 64.4 cm³/mol. The van der Waals surface area contributed by atoms with Crippen molar-refractivity contribution in [3.63, 3.8) is 0 Å². The van der Waals surface area contributed by atoms with Gasteiger partial charge in [-0.1, -0.05) is 44.2 Å². The molecule has 14 heavy (non-hydrogen) atoms. The van der Waals surface area contributed by atoms with Gasteiger partial charge in [-0.3, -0.25) is 0 Å². The second kappa shape index (κ2) is 5.64. The summed E-state index contributed by atoms with van der Waals surface area (Å²) in [5, 5.41) is 0. The molecule has 0 fully saturated rings. The minimum absolute atomic E-state index is 1.24. The Morgan fingerprint density at radius 2 is 1.79 bits per heavy atom. The van der Waals surface area contributed by atoms with Crippen molar-refractivity contribution in [3.05, 3.63) is 41.5 Å². The summed E-state index contributed by atoms with van der Waals surface area (Å²) in [5.74, 6) is 0. The van der Waals surface area contributed by atoms with Crippen LogP contribution in [0.5, 0.6) is 0 Å². The molecule has 1 aliphatic rings. The van der Waals surface area contributed by atoms with E-state index in [1.807, 2.05) is 13.8 Å². The van der Waals surface area contributed by atoms with Crippen molar-refractivity contribution in [2.24, 2.45) is 0 Å². The third-order valence-electron chi connectivity index (χ3n) is 2.54. The van der Waals surface area contributed by atoms with Gasteiger partial charge in [-0.05, 0) is 42.9 Å². The molecule has 0 aliphatic heterocycles. The molecule has 0 bridgehead atoms. The highest BCUT2D eigenvalue weighted by atomic mass is 14.1. The fourth-order valence-corrected chi connectivity index (χ4v) is 1.84. The van der Waals surface area contributed by atoms with E-state index in [0.717, 1.165) is 0 Å². The van der Waals surface area contributed by atoms with Crippen molar-refractivity contribution in [1.82, 2.24) is 0 Å². The van der Waals surface area contributed by atoms with Crippen LogP contribution in [0.1, 0.15) is 44.7 Å². The molecule has 0 radical (unpaired) electrons. The molecule has 1 aliphatic carbocycles. The van der Waals surface area contributed by atoms with Gasteiger partial charge in [-0.15, -0.1) is 0 Å². The molecule has 0 heteroatoms. The molecule has 0 N–H and O–H groups in total. The summed E-state index contributed by atoms with van der Waals surface area (Å²) in [6.07, 6.45) is 6.13. The lowest BCUT2D eigenvalue weighted by Gasteiger charge is -2.05. The Balaban J connectivity index is 0.000000461. The van der Waals surface area contributed by atoms with Gasteiger partial charge in [-0.25, -0.2) is 0 Å². The number of aryl methyl sites for hydroxylation is 1. The zero-order valence-electron chi connectivity index (χ0n) is 9.51. The third-order valence-corrected chi connectivity index (χ3v) is 2.54. The molecule has 76 valence electrons. The van der Waals surface area contributed by atoms with Crippen molar-refractivity contribution in [3.8, 4) is 0 Å². The van der Waals surface area contributed by atoms with E-state index in [-0.39, 0.29) is 0 Å². The number of benzene rings is 1. The molecule has 0 amide bonds. The third kappa shape index (κ3) is 2.47. The minimum Gasteiger partial charge on any atom is -0.0810 e. The number of rotatable bonds is 0. The Morgan fingerprint density at radius 1 is 1.07 bits per heavy atom. The molecule has 0 spiro atoms. The minimum atomic E-state index is 1.24. The second-order valence-corrected chi connectivity index (χ2v) is 3.44. The zero-order valence-corrected chi connectivity index (χ0v) is 9.51. The van der Waals surface area contributed by atoms with Gasteiger partial charge >= 0.3 is 0 Å². The van der Waals surface area contributed by atoms with Gasteiger partial charge in [0.1, 0.15) is 0 Å². The van der Waals surface area contributed by atoms with Gasteiger partial charge in [0.15, 0.2) is 0 Å². The molecule has 1 aromatic carbocycles. The van der Waals surface area contributed by atoms with Crippen LogP contribution in [-0.4, -0.2) is 0 Å². The molecule has 1 aromatic rings. The van der Waals surface area contributed by atoms with E-state index in [0.29, 0.717) is 0 Å². The standard InChI is InChI=1S/C12H14.C2H6/c1-10-6-2-3-7-11-8-4-5-9-12(10)11;1-2/h4-6,8-9H,2-3,7H2,1H3;1-2H3. The lowest BCUT2D eigenvalue weighted by molar-refractivity contribution is 0.851. The monoisotopic (exact) mass is 188 g/mol. The Morgan fingerprint density at radius 3 is 2.57 bits per heavy atom. The number of fused-ring (bicyclic) bond motifs is 1.